The Bertz CT molecular complexity index is 1100. The molecule has 4 heterocycles. The average Bonchev–Trinajstić information content (AvgIpc) is 3.41. The lowest BCUT2D eigenvalue weighted by Crippen LogP contribution is -2.59. The van der Waals surface area contributed by atoms with E-state index in [2.05, 4.69) is 15.0 Å². The molecule has 1 amide bonds. The van der Waals surface area contributed by atoms with E-state index >= 15 is 0 Å². The first-order valence-electron chi connectivity index (χ1n) is 11.2. The van der Waals surface area contributed by atoms with Crippen molar-refractivity contribution < 1.29 is 14.3 Å². The van der Waals surface area contributed by atoms with E-state index in [9.17, 15) is 4.79 Å². The molecular formula is C25H29N5O3. The minimum Gasteiger partial charge on any atom is -0.497 e. The molecule has 2 aromatic heterocycles. The maximum Gasteiger partial charge on any atom is 0.257 e. The molecule has 0 N–H and O–H groups in total. The molecule has 0 bridgehead atoms. The zero-order chi connectivity index (χ0) is 22.8. The molecule has 2 aliphatic rings. The van der Waals surface area contributed by atoms with Crippen molar-refractivity contribution in [2.75, 3.05) is 33.4 Å². The predicted octanol–water partition coefficient (Wildman–Crippen LogP) is 2.22. The van der Waals surface area contributed by atoms with E-state index in [1.54, 1.807) is 18.0 Å². The van der Waals surface area contributed by atoms with Gasteiger partial charge in [0.25, 0.3) is 5.91 Å². The van der Waals surface area contributed by atoms with Crippen LogP contribution in [0.3, 0.4) is 0 Å². The van der Waals surface area contributed by atoms with Gasteiger partial charge in [-0.15, -0.1) is 0 Å². The van der Waals surface area contributed by atoms with Crippen molar-refractivity contribution in [2.45, 2.75) is 24.6 Å². The molecule has 2 saturated heterocycles. The molecule has 1 spiro atoms. The summed E-state index contributed by atoms with van der Waals surface area (Å²) in [5.74, 6) is 0.767. The third kappa shape index (κ3) is 4.24. The SMILES string of the molecule is COc1ccc(CN2CCO[C@@]3(CN(Cc4cnn(C)c4)C[C@@H]3c3cccnc3)C2=O)cc1. The molecule has 2 atom stereocenters. The van der Waals surface area contributed by atoms with Crippen LogP contribution in [0.2, 0.25) is 0 Å². The van der Waals surface area contributed by atoms with Gasteiger partial charge in [-0.1, -0.05) is 18.2 Å². The van der Waals surface area contributed by atoms with E-state index in [1.165, 1.54) is 0 Å². The topological polar surface area (TPSA) is 72.7 Å². The van der Waals surface area contributed by atoms with Crippen LogP contribution >= 0.6 is 0 Å². The molecule has 8 nitrogen and oxygen atoms in total. The van der Waals surface area contributed by atoms with Gasteiger partial charge in [0.2, 0.25) is 0 Å². The quantitative estimate of drug-likeness (QED) is 0.577. The van der Waals surface area contributed by atoms with Gasteiger partial charge in [0.05, 0.1) is 19.9 Å². The van der Waals surface area contributed by atoms with Crippen molar-refractivity contribution in [1.82, 2.24) is 24.6 Å². The maximum absolute atomic E-state index is 14.0. The number of aryl methyl sites for hydroxylation is 1. The predicted molar refractivity (Wildman–Crippen MR) is 123 cm³/mol. The Kier molecular flexibility index (Phi) is 5.86. The molecular weight excluding hydrogens is 418 g/mol. The van der Waals surface area contributed by atoms with Gasteiger partial charge in [0.15, 0.2) is 5.60 Å². The number of hydrogen-bond donors (Lipinski definition) is 0. The number of methoxy groups -OCH3 is 1. The van der Waals surface area contributed by atoms with Gasteiger partial charge in [0.1, 0.15) is 5.75 Å². The summed E-state index contributed by atoms with van der Waals surface area (Å²) in [4.78, 5) is 22.5. The van der Waals surface area contributed by atoms with Gasteiger partial charge in [-0.25, -0.2) is 0 Å². The Morgan fingerprint density at radius 3 is 2.70 bits per heavy atom. The van der Waals surface area contributed by atoms with Crippen molar-refractivity contribution in [2.24, 2.45) is 7.05 Å². The van der Waals surface area contributed by atoms with Crippen LogP contribution in [0.25, 0.3) is 0 Å². The van der Waals surface area contributed by atoms with Gasteiger partial charge >= 0.3 is 0 Å². The van der Waals surface area contributed by atoms with Crippen LogP contribution in [-0.4, -0.2) is 69.4 Å². The first kappa shape index (κ1) is 21.6. The fourth-order valence-electron chi connectivity index (χ4n) is 5.04. The Morgan fingerprint density at radius 2 is 2.00 bits per heavy atom. The number of rotatable bonds is 6. The first-order chi connectivity index (χ1) is 16.1. The largest absolute Gasteiger partial charge is 0.497 e. The number of ether oxygens (including phenoxy) is 2. The Labute approximate surface area is 193 Å². The van der Waals surface area contributed by atoms with Crippen molar-refractivity contribution in [3.05, 3.63) is 77.9 Å². The summed E-state index contributed by atoms with van der Waals surface area (Å²) in [6, 6.07) is 11.9. The number of morpholine rings is 1. The lowest BCUT2D eigenvalue weighted by atomic mass is 9.83. The molecule has 0 saturated carbocycles. The third-order valence-electron chi connectivity index (χ3n) is 6.62. The fraction of sp³-hybridized carbons (Fsp3) is 0.400. The Balaban J connectivity index is 1.42. The van der Waals surface area contributed by atoms with Crippen molar-refractivity contribution >= 4 is 5.91 Å². The number of carbonyl (C=O) groups is 1. The molecule has 0 unspecified atom stereocenters. The van der Waals surface area contributed by atoms with Gasteiger partial charge in [-0.05, 0) is 29.3 Å². The summed E-state index contributed by atoms with van der Waals surface area (Å²) >= 11 is 0. The number of nitrogens with zero attached hydrogens (tertiary/aromatic N) is 5. The van der Waals surface area contributed by atoms with Crippen molar-refractivity contribution in [3.8, 4) is 5.75 Å². The summed E-state index contributed by atoms with van der Waals surface area (Å²) in [6.45, 7) is 3.63. The number of hydrogen-bond acceptors (Lipinski definition) is 6. The van der Waals surface area contributed by atoms with Gasteiger partial charge < -0.3 is 14.4 Å². The van der Waals surface area contributed by atoms with E-state index in [1.807, 2.05) is 66.9 Å². The smallest absolute Gasteiger partial charge is 0.257 e. The lowest BCUT2D eigenvalue weighted by Gasteiger charge is -2.42. The number of aromatic nitrogens is 3. The van der Waals surface area contributed by atoms with E-state index < -0.39 is 5.60 Å². The van der Waals surface area contributed by atoms with Crippen LogP contribution in [-0.2, 0) is 29.7 Å². The summed E-state index contributed by atoms with van der Waals surface area (Å²) < 4.78 is 13.4. The molecule has 5 rings (SSSR count). The van der Waals surface area contributed by atoms with Gasteiger partial charge in [-0.3, -0.25) is 19.4 Å². The van der Waals surface area contributed by atoms with E-state index in [0.717, 1.165) is 35.5 Å². The van der Waals surface area contributed by atoms with Crippen LogP contribution < -0.4 is 4.74 Å². The average molecular weight is 448 g/mol. The highest BCUT2D eigenvalue weighted by molar-refractivity contribution is 5.88. The minimum absolute atomic E-state index is 0.0482. The number of likely N-dealkylation sites (tertiary alicyclic amines) is 1. The number of pyridine rings is 1. The number of carbonyl (C=O) groups excluding carboxylic acids is 1. The summed E-state index contributed by atoms with van der Waals surface area (Å²) in [5, 5.41) is 4.29. The van der Waals surface area contributed by atoms with Crippen molar-refractivity contribution in [1.29, 1.82) is 0 Å². The van der Waals surface area contributed by atoms with Crippen LogP contribution in [0.1, 0.15) is 22.6 Å². The number of amides is 1. The molecule has 172 valence electrons. The third-order valence-corrected chi connectivity index (χ3v) is 6.62. The van der Waals surface area contributed by atoms with Crippen LogP contribution in [0, 0.1) is 0 Å². The van der Waals surface area contributed by atoms with E-state index in [4.69, 9.17) is 9.47 Å². The van der Waals surface area contributed by atoms with Gasteiger partial charge in [-0.2, -0.15) is 5.10 Å². The second kappa shape index (κ2) is 8.96. The fourth-order valence-corrected chi connectivity index (χ4v) is 5.04. The first-order valence-corrected chi connectivity index (χ1v) is 11.2. The molecule has 1 aromatic carbocycles. The van der Waals surface area contributed by atoms with E-state index in [0.29, 0.717) is 26.2 Å². The molecule has 0 aliphatic carbocycles. The maximum atomic E-state index is 14.0. The highest BCUT2D eigenvalue weighted by Gasteiger charge is 2.57. The molecule has 3 aromatic rings. The Morgan fingerprint density at radius 1 is 1.15 bits per heavy atom. The Hall–Kier alpha value is -3.23. The molecule has 2 aliphatic heterocycles. The second-order valence-corrected chi connectivity index (χ2v) is 8.84. The molecule has 2 fully saturated rings. The van der Waals surface area contributed by atoms with E-state index in [-0.39, 0.29) is 11.8 Å². The number of benzene rings is 1. The van der Waals surface area contributed by atoms with Gasteiger partial charge in [0, 0.05) is 69.8 Å². The van der Waals surface area contributed by atoms with Crippen LogP contribution in [0.5, 0.6) is 5.75 Å². The highest BCUT2D eigenvalue weighted by Crippen LogP contribution is 2.42. The summed E-state index contributed by atoms with van der Waals surface area (Å²) in [7, 11) is 3.57. The standard InChI is InChI=1S/C25H29N5O3/c1-28-14-20(12-27-28)15-29-17-23(21-4-3-9-26-13-21)25(18-29)24(31)30(10-11-33-25)16-19-5-7-22(32-2)8-6-19/h3-9,12-14,23H,10-11,15-18H2,1-2H3/t23-,25-/m1/s1. The highest BCUT2D eigenvalue weighted by atomic mass is 16.5. The normalized spacial score (nSPS) is 23.4. The summed E-state index contributed by atoms with van der Waals surface area (Å²) in [5.41, 5.74) is 2.31. The van der Waals surface area contributed by atoms with Crippen LogP contribution in [0.15, 0.2) is 61.2 Å². The van der Waals surface area contributed by atoms with Crippen molar-refractivity contribution in [3.63, 3.8) is 0 Å². The monoisotopic (exact) mass is 447 g/mol. The molecule has 0 radical (unpaired) electrons. The minimum atomic E-state index is -0.921. The molecule has 8 heteroatoms. The zero-order valence-electron chi connectivity index (χ0n) is 19.1. The summed E-state index contributed by atoms with van der Waals surface area (Å²) in [6.07, 6.45) is 7.52. The van der Waals surface area contributed by atoms with Crippen LogP contribution in [0.4, 0.5) is 0 Å². The molecule has 33 heavy (non-hydrogen) atoms. The second-order valence-electron chi connectivity index (χ2n) is 8.84. The lowest BCUT2D eigenvalue weighted by molar-refractivity contribution is -0.173. The zero-order valence-corrected chi connectivity index (χ0v) is 19.1.